The van der Waals surface area contributed by atoms with Crippen molar-refractivity contribution in [2.75, 3.05) is 31.4 Å². The summed E-state index contributed by atoms with van der Waals surface area (Å²) in [6.45, 7) is 6.12. The first-order valence-corrected chi connectivity index (χ1v) is 14.9. The van der Waals surface area contributed by atoms with Crippen molar-refractivity contribution < 1.29 is 23.5 Å². The van der Waals surface area contributed by atoms with Gasteiger partial charge in [-0.05, 0) is 54.6 Å². The monoisotopic (exact) mass is 603 g/mol. The molecule has 0 bridgehead atoms. The second-order valence-electron chi connectivity index (χ2n) is 11.1. The van der Waals surface area contributed by atoms with Crippen LogP contribution in [0.1, 0.15) is 48.5 Å². The standard InChI is InChI=1S/C32H34FN5O4S/c1-32(2,3)30-28-29(24-16-23(41-4)13-14-25(24)42-5)43-19-27(40)37(18-26(39)35-17-21-8-6-7-15-34-21)31(28)38(36-30)22-11-9-20(33)10-12-22/h6-16,29H,17-19H2,1-5H3,(H,35,39). The van der Waals surface area contributed by atoms with Crippen molar-refractivity contribution in [3.63, 3.8) is 0 Å². The quantitative estimate of drug-likeness (QED) is 0.295. The van der Waals surface area contributed by atoms with E-state index < -0.39 is 16.5 Å². The number of carbonyl (C=O) groups is 2. The molecule has 0 radical (unpaired) electrons. The molecule has 4 aromatic rings. The molecule has 2 aromatic carbocycles. The molecular formula is C32H34FN5O4S. The van der Waals surface area contributed by atoms with Crippen LogP contribution in [0.5, 0.6) is 11.5 Å². The van der Waals surface area contributed by atoms with Crippen LogP contribution in [-0.4, -0.2) is 53.1 Å². The second kappa shape index (κ2) is 12.5. The summed E-state index contributed by atoms with van der Waals surface area (Å²) in [5, 5.41) is 7.52. The first-order chi connectivity index (χ1) is 20.6. The van der Waals surface area contributed by atoms with Gasteiger partial charge in [0.1, 0.15) is 29.7 Å². The molecule has 2 aromatic heterocycles. The zero-order valence-electron chi connectivity index (χ0n) is 24.8. The molecule has 11 heteroatoms. The van der Waals surface area contributed by atoms with Crippen LogP contribution >= 0.6 is 11.8 Å². The van der Waals surface area contributed by atoms with Crippen LogP contribution in [0.3, 0.4) is 0 Å². The number of hydrogen-bond acceptors (Lipinski definition) is 7. The molecule has 0 aliphatic carbocycles. The molecule has 0 saturated heterocycles. The summed E-state index contributed by atoms with van der Waals surface area (Å²) in [5.41, 5.74) is 3.13. The highest BCUT2D eigenvalue weighted by molar-refractivity contribution is 8.00. The average molecular weight is 604 g/mol. The highest BCUT2D eigenvalue weighted by Crippen LogP contribution is 2.50. The second-order valence-corrected chi connectivity index (χ2v) is 12.2. The number of hydrogen-bond donors (Lipinski definition) is 1. The fraction of sp³-hybridized carbons (Fsp3) is 0.312. The lowest BCUT2D eigenvalue weighted by molar-refractivity contribution is -0.123. The van der Waals surface area contributed by atoms with E-state index in [2.05, 4.69) is 10.3 Å². The SMILES string of the molecule is COc1ccc(OC)c(C2SCC(=O)N(CC(=O)NCc3ccccn3)c3c2c(C(C)(C)C)nn3-c2ccc(F)cc2)c1. The molecule has 224 valence electrons. The Labute approximate surface area is 254 Å². The Morgan fingerprint density at radius 3 is 2.51 bits per heavy atom. The van der Waals surface area contributed by atoms with Crippen molar-refractivity contribution in [3.05, 3.63) is 95.2 Å². The zero-order chi connectivity index (χ0) is 30.7. The van der Waals surface area contributed by atoms with Crippen LogP contribution in [0, 0.1) is 5.82 Å². The lowest BCUT2D eigenvalue weighted by Gasteiger charge is -2.25. The molecular weight excluding hydrogens is 569 g/mol. The van der Waals surface area contributed by atoms with Gasteiger partial charge in [-0.2, -0.15) is 5.10 Å². The summed E-state index contributed by atoms with van der Waals surface area (Å²) in [6, 6.07) is 16.9. The number of carbonyl (C=O) groups excluding carboxylic acids is 2. The Kier molecular flexibility index (Phi) is 8.72. The maximum Gasteiger partial charge on any atom is 0.240 e. The van der Waals surface area contributed by atoms with Crippen molar-refractivity contribution in [3.8, 4) is 17.2 Å². The van der Waals surface area contributed by atoms with Gasteiger partial charge in [-0.1, -0.05) is 26.8 Å². The Morgan fingerprint density at radius 1 is 1.09 bits per heavy atom. The van der Waals surface area contributed by atoms with Crippen molar-refractivity contribution in [1.29, 1.82) is 0 Å². The Bertz CT molecular complexity index is 1620. The lowest BCUT2D eigenvalue weighted by atomic mass is 9.87. The van der Waals surface area contributed by atoms with Crippen LogP contribution in [0.15, 0.2) is 66.9 Å². The van der Waals surface area contributed by atoms with Crippen molar-refractivity contribution in [2.24, 2.45) is 0 Å². The minimum absolute atomic E-state index is 0.0975. The van der Waals surface area contributed by atoms with Crippen LogP contribution in [0.25, 0.3) is 5.69 Å². The number of ether oxygens (including phenoxy) is 2. The maximum atomic E-state index is 14.0. The predicted molar refractivity (Wildman–Crippen MR) is 165 cm³/mol. The third-order valence-corrected chi connectivity index (χ3v) is 8.32. The number of halogens is 1. The van der Waals surface area contributed by atoms with Gasteiger partial charge in [-0.25, -0.2) is 9.07 Å². The van der Waals surface area contributed by atoms with Gasteiger partial charge in [0.25, 0.3) is 0 Å². The smallest absolute Gasteiger partial charge is 0.240 e. The number of methoxy groups -OCH3 is 2. The highest BCUT2D eigenvalue weighted by atomic mass is 32.2. The van der Waals surface area contributed by atoms with Gasteiger partial charge in [0.15, 0.2) is 0 Å². The minimum atomic E-state index is -0.458. The number of fused-ring (bicyclic) bond motifs is 1. The van der Waals surface area contributed by atoms with Crippen molar-refractivity contribution in [2.45, 2.75) is 38.0 Å². The van der Waals surface area contributed by atoms with Gasteiger partial charge in [0.2, 0.25) is 11.8 Å². The number of thioether (sulfide) groups is 1. The molecule has 1 N–H and O–H groups in total. The average Bonchev–Trinajstić information content (AvgIpc) is 3.34. The highest BCUT2D eigenvalue weighted by Gasteiger charge is 2.40. The number of rotatable bonds is 8. The molecule has 0 fully saturated rings. The molecule has 1 atom stereocenters. The molecule has 3 heterocycles. The van der Waals surface area contributed by atoms with Gasteiger partial charge in [-0.3, -0.25) is 19.5 Å². The number of nitrogens with zero attached hydrogens (tertiary/aromatic N) is 4. The van der Waals surface area contributed by atoms with E-state index in [-0.39, 0.29) is 30.7 Å². The van der Waals surface area contributed by atoms with E-state index in [0.717, 1.165) is 16.8 Å². The fourth-order valence-corrected chi connectivity index (χ4v) is 6.23. The normalized spacial score (nSPS) is 15.1. The number of anilines is 1. The van der Waals surface area contributed by atoms with Crippen LogP contribution in [0.4, 0.5) is 10.2 Å². The van der Waals surface area contributed by atoms with E-state index in [1.807, 2.05) is 51.1 Å². The van der Waals surface area contributed by atoms with E-state index in [9.17, 15) is 14.0 Å². The minimum Gasteiger partial charge on any atom is -0.497 e. The van der Waals surface area contributed by atoms with Gasteiger partial charge in [0.05, 0.1) is 48.8 Å². The first-order valence-electron chi connectivity index (χ1n) is 13.8. The van der Waals surface area contributed by atoms with E-state index >= 15 is 0 Å². The molecule has 1 aliphatic rings. The third kappa shape index (κ3) is 6.36. The Balaban J connectivity index is 1.69. The third-order valence-electron chi connectivity index (χ3n) is 7.08. The summed E-state index contributed by atoms with van der Waals surface area (Å²) in [5.74, 6) is 0.822. The topological polar surface area (TPSA) is 98.6 Å². The summed E-state index contributed by atoms with van der Waals surface area (Å²) in [7, 11) is 3.20. The van der Waals surface area contributed by atoms with Crippen molar-refractivity contribution >= 4 is 29.4 Å². The Morgan fingerprint density at radius 2 is 1.86 bits per heavy atom. The molecule has 43 heavy (non-hydrogen) atoms. The van der Waals surface area contributed by atoms with Gasteiger partial charge < -0.3 is 14.8 Å². The summed E-state index contributed by atoms with van der Waals surface area (Å²) < 4.78 is 27.0. The van der Waals surface area contributed by atoms with Crippen molar-refractivity contribution in [1.82, 2.24) is 20.1 Å². The maximum absolute atomic E-state index is 14.0. The summed E-state index contributed by atoms with van der Waals surface area (Å²) in [6.07, 6.45) is 1.66. The number of aromatic nitrogens is 3. The lowest BCUT2D eigenvalue weighted by Crippen LogP contribution is -2.42. The summed E-state index contributed by atoms with van der Waals surface area (Å²) >= 11 is 1.44. The van der Waals surface area contributed by atoms with Crippen LogP contribution in [-0.2, 0) is 21.5 Å². The van der Waals surface area contributed by atoms with E-state index in [0.29, 0.717) is 28.7 Å². The van der Waals surface area contributed by atoms with E-state index in [1.54, 1.807) is 43.3 Å². The van der Waals surface area contributed by atoms with E-state index in [1.165, 1.54) is 28.8 Å². The molecule has 1 aliphatic heterocycles. The van der Waals surface area contributed by atoms with Crippen LogP contribution in [0.2, 0.25) is 0 Å². The predicted octanol–water partition coefficient (Wildman–Crippen LogP) is 5.21. The number of benzene rings is 2. The molecule has 9 nitrogen and oxygen atoms in total. The molecule has 5 rings (SSSR count). The zero-order valence-corrected chi connectivity index (χ0v) is 25.6. The number of pyridine rings is 1. The molecule has 2 amide bonds. The first kappa shape index (κ1) is 30.1. The fourth-order valence-electron chi connectivity index (χ4n) is 5.02. The molecule has 0 saturated carbocycles. The number of nitrogens with one attached hydrogen (secondary N) is 1. The Hall–Kier alpha value is -4.38. The molecule has 1 unspecified atom stereocenters. The largest absolute Gasteiger partial charge is 0.497 e. The van der Waals surface area contributed by atoms with Crippen LogP contribution < -0.4 is 19.7 Å². The van der Waals surface area contributed by atoms with E-state index in [4.69, 9.17) is 14.6 Å². The summed E-state index contributed by atoms with van der Waals surface area (Å²) in [4.78, 5) is 33.0. The molecule has 0 spiro atoms. The van der Waals surface area contributed by atoms with Gasteiger partial charge >= 0.3 is 0 Å². The van der Waals surface area contributed by atoms with Gasteiger partial charge in [0, 0.05) is 22.7 Å². The number of amides is 2. The van der Waals surface area contributed by atoms with Gasteiger partial charge in [-0.15, -0.1) is 11.8 Å².